The van der Waals surface area contributed by atoms with Crippen molar-refractivity contribution in [3.63, 3.8) is 0 Å². The summed E-state index contributed by atoms with van der Waals surface area (Å²) in [6.45, 7) is 3.47. The van der Waals surface area contributed by atoms with Crippen LogP contribution < -0.4 is 10.6 Å². The molecule has 1 aromatic rings. The van der Waals surface area contributed by atoms with Crippen LogP contribution in [0.4, 0.5) is 5.69 Å². The van der Waals surface area contributed by atoms with Gasteiger partial charge in [0.2, 0.25) is 0 Å². The minimum atomic E-state index is 0.844. The van der Waals surface area contributed by atoms with Gasteiger partial charge in [-0.05, 0) is 37.9 Å². The third-order valence-corrected chi connectivity index (χ3v) is 2.65. The second-order valence-corrected chi connectivity index (χ2v) is 3.67. The molecule has 0 saturated carbocycles. The minimum absolute atomic E-state index is 0.844. The van der Waals surface area contributed by atoms with E-state index in [1.54, 1.807) is 0 Å². The maximum atomic E-state index is 3.44. The highest BCUT2D eigenvalue weighted by Gasteiger charge is 2.11. The Balaban J connectivity index is 1.72. The number of hydrogen-bond donors (Lipinski definition) is 3. The van der Waals surface area contributed by atoms with Crippen LogP contribution in [-0.2, 0) is 0 Å². The van der Waals surface area contributed by atoms with E-state index >= 15 is 0 Å². The predicted octanol–water partition coefficient (Wildman–Crippen LogP) is 1.43. The van der Waals surface area contributed by atoms with Crippen LogP contribution in [0.15, 0.2) is 18.5 Å². The van der Waals surface area contributed by atoms with E-state index in [0.717, 1.165) is 12.5 Å². The van der Waals surface area contributed by atoms with Gasteiger partial charge in [-0.2, -0.15) is 0 Å². The van der Waals surface area contributed by atoms with Crippen molar-refractivity contribution >= 4 is 5.69 Å². The summed E-state index contributed by atoms with van der Waals surface area (Å²) in [4.78, 5) is 3.04. The summed E-state index contributed by atoms with van der Waals surface area (Å²) in [5.41, 5.74) is 1.21. The fraction of sp³-hybridized carbons (Fsp3) is 0.600. The fourth-order valence-electron chi connectivity index (χ4n) is 1.78. The first-order valence-electron chi connectivity index (χ1n) is 5.02. The van der Waals surface area contributed by atoms with Crippen molar-refractivity contribution in [2.75, 3.05) is 25.0 Å². The number of hydrogen-bond acceptors (Lipinski definition) is 2. The van der Waals surface area contributed by atoms with Crippen LogP contribution in [0.1, 0.15) is 12.8 Å². The number of nitrogens with one attached hydrogen (secondary N) is 3. The third-order valence-electron chi connectivity index (χ3n) is 2.65. The van der Waals surface area contributed by atoms with Crippen molar-refractivity contribution < 1.29 is 0 Å². The Kier molecular flexibility index (Phi) is 2.87. The van der Waals surface area contributed by atoms with Gasteiger partial charge in [-0.3, -0.25) is 0 Å². The highest BCUT2D eigenvalue weighted by Crippen LogP contribution is 2.13. The molecule has 72 valence electrons. The average molecular weight is 179 g/mol. The van der Waals surface area contributed by atoms with Crippen molar-refractivity contribution in [2.24, 2.45) is 5.92 Å². The van der Waals surface area contributed by atoms with E-state index in [2.05, 4.69) is 21.7 Å². The third kappa shape index (κ3) is 2.49. The second kappa shape index (κ2) is 4.33. The first-order chi connectivity index (χ1) is 6.45. The molecule has 1 aliphatic rings. The maximum absolute atomic E-state index is 3.44. The van der Waals surface area contributed by atoms with Gasteiger partial charge in [0.05, 0.1) is 5.69 Å². The average Bonchev–Trinajstić information content (AvgIpc) is 2.69. The van der Waals surface area contributed by atoms with Crippen LogP contribution in [0.25, 0.3) is 0 Å². The number of rotatable bonds is 3. The molecule has 0 radical (unpaired) electrons. The van der Waals surface area contributed by atoms with Crippen molar-refractivity contribution in [1.82, 2.24) is 10.3 Å². The Morgan fingerprint density at radius 2 is 2.23 bits per heavy atom. The number of anilines is 1. The van der Waals surface area contributed by atoms with Crippen LogP contribution in [0, 0.1) is 5.92 Å². The molecule has 0 amide bonds. The molecule has 1 aromatic heterocycles. The summed E-state index contributed by atoms with van der Waals surface area (Å²) in [7, 11) is 0. The Bertz CT molecular complexity index is 224. The van der Waals surface area contributed by atoms with Crippen molar-refractivity contribution in [3.05, 3.63) is 18.5 Å². The Labute approximate surface area is 78.9 Å². The molecule has 0 spiro atoms. The lowest BCUT2D eigenvalue weighted by Gasteiger charge is -2.22. The van der Waals surface area contributed by atoms with Gasteiger partial charge >= 0.3 is 0 Å². The van der Waals surface area contributed by atoms with Crippen molar-refractivity contribution in [1.29, 1.82) is 0 Å². The van der Waals surface area contributed by atoms with E-state index in [1.165, 1.54) is 31.6 Å². The molecule has 3 nitrogen and oxygen atoms in total. The molecule has 0 bridgehead atoms. The van der Waals surface area contributed by atoms with Gasteiger partial charge in [-0.25, -0.2) is 0 Å². The van der Waals surface area contributed by atoms with E-state index in [4.69, 9.17) is 0 Å². The first-order valence-corrected chi connectivity index (χ1v) is 5.02. The van der Waals surface area contributed by atoms with Crippen molar-refractivity contribution in [3.8, 4) is 0 Å². The molecule has 13 heavy (non-hydrogen) atoms. The van der Waals surface area contributed by atoms with E-state index < -0.39 is 0 Å². The Morgan fingerprint density at radius 1 is 1.38 bits per heavy atom. The molecule has 1 aliphatic heterocycles. The maximum Gasteiger partial charge on any atom is 0.0517 e. The van der Waals surface area contributed by atoms with Crippen LogP contribution >= 0.6 is 0 Å². The van der Waals surface area contributed by atoms with E-state index in [-0.39, 0.29) is 0 Å². The molecule has 3 heteroatoms. The van der Waals surface area contributed by atoms with E-state index in [1.807, 2.05) is 12.4 Å². The minimum Gasteiger partial charge on any atom is -0.384 e. The highest BCUT2D eigenvalue weighted by molar-refractivity contribution is 5.40. The molecule has 0 atom stereocenters. The van der Waals surface area contributed by atoms with Gasteiger partial charge in [-0.15, -0.1) is 0 Å². The monoisotopic (exact) mass is 179 g/mol. The smallest absolute Gasteiger partial charge is 0.0517 e. The molecule has 2 heterocycles. The highest BCUT2D eigenvalue weighted by atomic mass is 14.9. The van der Waals surface area contributed by atoms with E-state index in [9.17, 15) is 0 Å². The molecule has 0 aromatic carbocycles. The molecule has 0 unspecified atom stereocenters. The lowest BCUT2D eigenvalue weighted by atomic mass is 9.98. The number of H-pyrrole nitrogens is 1. The number of aromatic amines is 1. The molecule has 0 aliphatic carbocycles. The summed E-state index contributed by atoms with van der Waals surface area (Å²) in [5, 5.41) is 6.81. The molecule has 1 fully saturated rings. The zero-order chi connectivity index (χ0) is 8.93. The zero-order valence-electron chi connectivity index (χ0n) is 7.84. The standard InChI is InChI=1S/C10H17N3/c1-4-11-5-2-9(1)7-13-10-3-6-12-8-10/h3,6,8-9,11-13H,1-2,4-5,7H2. The number of aromatic nitrogens is 1. The SMILES string of the molecule is c1cc(NCC2CCNCC2)c[nH]1. The number of piperidine rings is 1. The zero-order valence-corrected chi connectivity index (χ0v) is 7.84. The van der Waals surface area contributed by atoms with Gasteiger partial charge < -0.3 is 15.6 Å². The first kappa shape index (κ1) is 8.63. The molecular formula is C10H17N3. The molecule has 2 rings (SSSR count). The summed E-state index contributed by atoms with van der Waals surface area (Å²) < 4.78 is 0. The van der Waals surface area contributed by atoms with Crippen LogP contribution in [-0.4, -0.2) is 24.6 Å². The topological polar surface area (TPSA) is 39.8 Å². The van der Waals surface area contributed by atoms with Gasteiger partial charge in [-0.1, -0.05) is 0 Å². The van der Waals surface area contributed by atoms with E-state index in [0.29, 0.717) is 0 Å². The van der Waals surface area contributed by atoms with Crippen LogP contribution in [0.2, 0.25) is 0 Å². The molecule has 1 saturated heterocycles. The van der Waals surface area contributed by atoms with Gasteiger partial charge in [0.15, 0.2) is 0 Å². The summed E-state index contributed by atoms with van der Waals surface area (Å²) in [6, 6.07) is 2.07. The molecule has 3 N–H and O–H groups in total. The predicted molar refractivity (Wildman–Crippen MR) is 54.9 cm³/mol. The summed E-state index contributed by atoms with van der Waals surface area (Å²) >= 11 is 0. The van der Waals surface area contributed by atoms with Crippen molar-refractivity contribution in [2.45, 2.75) is 12.8 Å². The van der Waals surface area contributed by atoms with Crippen LogP contribution in [0.5, 0.6) is 0 Å². The molecular weight excluding hydrogens is 162 g/mol. The van der Waals surface area contributed by atoms with Crippen LogP contribution in [0.3, 0.4) is 0 Å². The lowest BCUT2D eigenvalue weighted by molar-refractivity contribution is 0.390. The normalized spacial score (nSPS) is 18.8. The van der Waals surface area contributed by atoms with Gasteiger partial charge in [0, 0.05) is 18.9 Å². The largest absolute Gasteiger partial charge is 0.384 e. The summed E-state index contributed by atoms with van der Waals surface area (Å²) in [5.74, 6) is 0.844. The fourth-order valence-corrected chi connectivity index (χ4v) is 1.78. The summed E-state index contributed by atoms with van der Waals surface area (Å²) in [6.07, 6.45) is 6.56. The second-order valence-electron chi connectivity index (χ2n) is 3.67. The quantitative estimate of drug-likeness (QED) is 0.657. The Hall–Kier alpha value is -0.960. The van der Waals surface area contributed by atoms with Gasteiger partial charge in [0.25, 0.3) is 0 Å². The van der Waals surface area contributed by atoms with Gasteiger partial charge in [0.1, 0.15) is 0 Å². The lowest BCUT2D eigenvalue weighted by Crippen LogP contribution is -2.31. The Morgan fingerprint density at radius 3 is 2.92 bits per heavy atom.